The standard InChI is InChI=1S/C21H20ClNO/c22-19-13-11-18(12-14-19)21(17-9-5-2-6-10-17)24-20(15-23)16-7-3-1-4-8-16/h1-14,20-21H,15,23H2/t20-,21+/m0/s1. The van der Waals surface area contributed by atoms with Crippen LogP contribution in [0.4, 0.5) is 0 Å². The molecule has 0 heterocycles. The summed E-state index contributed by atoms with van der Waals surface area (Å²) in [5.41, 5.74) is 9.21. The van der Waals surface area contributed by atoms with Crippen molar-refractivity contribution in [3.63, 3.8) is 0 Å². The highest BCUT2D eigenvalue weighted by molar-refractivity contribution is 6.30. The molecule has 122 valence electrons. The third-order valence-electron chi connectivity index (χ3n) is 3.96. The number of hydrogen-bond donors (Lipinski definition) is 1. The van der Waals surface area contributed by atoms with Crippen molar-refractivity contribution in [3.8, 4) is 0 Å². The second-order valence-electron chi connectivity index (χ2n) is 5.61. The minimum Gasteiger partial charge on any atom is -0.360 e. The van der Waals surface area contributed by atoms with Crippen LogP contribution in [0.15, 0.2) is 84.9 Å². The fraction of sp³-hybridized carbons (Fsp3) is 0.143. The van der Waals surface area contributed by atoms with Crippen LogP contribution in [0.2, 0.25) is 5.02 Å². The Morgan fingerprint density at radius 2 is 1.21 bits per heavy atom. The van der Waals surface area contributed by atoms with Gasteiger partial charge in [0.15, 0.2) is 0 Å². The van der Waals surface area contributed by atoms with Crippen molar-refractivity contribution in [2.24, 2.45) is 5.73 Å². The van der Waals surface area contributed by atoms with Crippen molar-refractivity contribution in [1.82, 2.24) is 0 Å². The first-order chi connectivity index (χ1) is 11.8. The van der Waals surface area contributed by atoms with E-state index in [9.17, 15) is 0 Å². The van der Waals surface area contributed by atoms with Crippen LogP contribution in [-0.2, 0) is 4.74 Å². The number of nitrogens with two attached hydrogens (primary N) is 1. The Bertz CT molecular complexity index is 744. The van der Waals surface area contributed by atoms with Crippen LogP contribution in [0, 0.1) is 0 Å². The molecule has 0 spiro atoms. The molecule has 2 nitrogen and oxygen atoms in total. The van der Waals surface area contributed by atoms with E-state index in [-0.39, 0.29) is 12.2 Å². The Hall–Kier alpha value is -2.13. The molecule has 0 saturated heterocycles. The maximum absolute atomic E-state index is 6.43. The van der Waals surface area contributed by atoms with Crippen molar-refractivity contribution in [3.05, 3.63) is 107 Å². The van der Waals surface area contributed by atoms with E-state index in [4.69, 9.17) is 22.1 Å². The van der Waals surface area contributed by atoms with Crippen LogP contribution in [0.3, 0.4) is 0 Å². The van der Waals surface area contributed by atoms with Gasteiger partial charge in [-0.1, -0.05) is 84.4 Å². The summed E-state index contributed by atoms with van der Waals surface area (Å²) in [7, 11) is 0. The monoisotopic (exact) mass is 337 g/mol. The molecule has 0 aromatic heterocycles. The second kappa shape index (κ2) is 8.11. The molecule has 0 aliphatic rings. The smallest absolute Gasteiger partial charge is 0.108 e. The Morgan fingerprint density at radius 1 is 0.708 bits per heavy atom. The number of rotatable bonds is 6. The van der Waals surface area contributed by atoms with Crippen LogP contribution in [0.25, 0.3) is 0 Å². The van der Waals surface area contributed by atoms with E-state index in [1.807, 2.05) is 72.8 Å². The molecule has 24 heavy (non-hydrogen) atoms. The molecule has 0 amide bonds. The maximum atomic E-state index is 6.43. The molecule has 0 saturated carbocycles. The van der Waals surface area contributed by atoms with E-state index in [0.29, 0.717) is 11.6 Å². The van der Waals surface area contributed by atoms with Gasteiger partial charge in [0.05, 0.1) is 6.10 Å². The topological polar surface area (TPSA) is 35.2 Å². The molecule has 0 bridgehead atoms. The Labute approximate surface area is 147 Å². The van der Waals surface area contributed by atoms with Gasteiger partial charge in [-0.25, -0.2) is 0 Å². The summed E-state index contributed by atoms with van der Waals surface area (Å²) in [5.74, 6) is 0. The zero-order valence-corrected chi connectivity index (χ0v) is 14.1. The predicted octanol–water partition coefficient (Wildman–Crippen LogP) is 5.15. The van der Waals surface area contributed by atoms with Crippen molar-refractivity contribution < 1.29 is 4.74 Å². The second-order valence-corrected chi connectivity index (χ2v) is 6.05. The average molecular weight is 338 g/mol. The van der Waals surface area contributed by atoms with Crippen LogP contribution in [-0.4, -0.2) is 6.54 Å². The summed E-state index contributed by atoms with van der Waals surface area (Å²) in [6, 6.07) is 28.0. The van der Waals surface area contributed by atoms with E-state index in [0.717, 1.165) is 16.7 Å². The first-order valence-corrected chi connectivity index (χ1v) is 8.36. The third-order valence-corrected chi connectivity index (χ3v) is 4.21. The van der Waals surface area contributed by atoms with Crippen LogP contribution >= 0.6 is 11.6 Å². The van der Waals surface area contributed by atoms with Gasteiger partial charge in [0, 0.05) is 11.6 Å². The van der Waals surface area contributed by atoms with Crippen molar-refractivity contribution >= 4 is 11.6 Å². The van der Waals surface area contributed by atoms with Crippen LogP contribution < -0.4 is 5.73 Å². The summed E-state index contributed by atoms with van der Waals surface area (Å²) >= 11 is 6.03. The first-order valence-electron chi connectivity index (χ1n) is 7.99. The predicted molar refractivity (Wildman–Crippen MR) is 99.1 cm³/mol. The quantitative estimate of drug-likeness (QED) is 0.675. The normalized spacial score (nSPS) is 13.4. The third kappa shape index (κ3) is 4.04. The summed E-state index contributed by atoms with van der Waals surface area (Å²) in [6.07, 6.45) is -0.371. The van der Waals surface area contributed by atoms with E-state index >= 15 is 0 Å². The van der Waals surface area contributed by atoms with Gasteiger partial charge in [0.25, 0.3) is 0 Å². The molecule has 2 atom stereocenters. The van der Waals surface area contributed by atoms with Gasteiger partial charge in [-0.2, -0.15) is 0 Å². The molecule has 0 radical (unpaired) electrons. The number of benzene rings is 3. The van der Waals surface area contributed by atoms with Gasteiger partial charge in [0.1, 0.15) is 6.10 Å². The summed E-state index contributed by atoms with van der Waals surface area (Å²) in [5, 5.41) is 0.712. The van der Waals surface area contributed by atoms with Crippen molar-refractivity contribution in [1.29, 1.82) is 0 Å². The lowest BCUT2D eigenvalue weighted by molar-refractivity contribution is 0.0122. The van der Waals surface area contributed by atoms with Gasteiger partial charge in [0.2, 0.25) is 0 Å². The molecule has 3 aromatic carbocycles. The largest absolute Gasteiger partial charge is 0.360 e. The van der Waals surface area contributed by atoms with Gasteiger partial charge >= 0.3 is 0 Å². The molecular weight excluding hydrogens is 318 g/mol. The van der Waals surface area contributed by atoms with E-state index in [1.165, 1.54) is 0 Å². The fourth-order valence-corrected chi connectivity index (χ4v) is 2.84. The average Bonchev–Trinajstić information content (AvgIpc) is 2.65. The van der Waals surface area contributed by atoms with Gasteiger partial charge in [-0.05, 0) is 28.8 Å². The van der Waals surface area contributed by atoms with E-state index < -0.39 is 0 Å². The lowest BCUT2D eigenvalue weighted by Crippen LogP contribution is -2.19. The van der Waals surface area contributed by atoms with Crippen molar-refractivity contribution in [2.75, 3.05) is 6.54 Å². The lowest BCUT2D eigenvalue weighted by Gasteiger charge is -2.25. The van der Waals surface area contributed by atoms with Gasteiger partial charge in [-0.15, -0.1) is 0 Å². The highest BCUT2D eigenvalue weighted by Gasteiger charge is 2.20. The van der Waals surface area contributed by atoms with E-state index in [2.05, 4.69) is 12.1 Å². The molecular formula is C21H20ClNO. The Morgan fingerprint density at radius 3 is 1.75 bits per heavy atom. The SMILES string of the molecule is NC[C@H](O[C@H](c1ccccc1)c1ccc(Cl)cc1)c1ccccc1. The Kier molecular flexibility index (Phi) is 5.65. The highest BCUT2D eigenvalue weighted by Crippen LogP contribution is 2.32. The molecule has 0 aliphatic carbocycles. The summed E-state index contributed by atoms with van der Waals surface area (Å²) < 4.78 is 6.43. The molecule has 2 N–H and O–H groups in total. The molecule has 3 heteroatoms. The lowest BCUT2D eigenvalue weighted by atomic mass is 10.0. The Balaban J connectivity index is 1.94. The fourth-order valence-electron chi connectivity index (χ4n) is 2.72. The molecule has 0 unspecified atom stereocenters. The zero-order chi connectivity index (χ0) is 16.8. The summed E-state index contributed by atoms with van der Waals surface area (Å²) in [6.45, 7) is 0.418. The maximum Gasteiger partial charge on any atom is 0.108 e. The first kappa shape index (κ1) is 16.7. The van der Waals surface area contributed by atoms with Gasteiger partial charge < -0.3 is 10.5 Å². The molecule has 3 rings (SSSR count). The molecule has 0 aliphatic heterocycles. The summed E-state index contributed by atoms with van der Waals surface area (Å²) in [4.78, 5) is 0. The highest BCUT2D eigenvalue weighted by atomic mass is 35.5. The van der Waals surface area contributed by atoms with Crippen molar-refractivity contribution in [2.45, 2.75) is 12.2 Å². The molecule has 0 fully saturated rings. The number of halogens is 1. The number of hydrogen-bond acceptors (Lipinski definition) is 2. The minimum absolute atomic E-state index is 0.174. The molecule has 3 aromatic rings. The van der Waals surface area contributed by atoms with Gasteiger partial charge in [-0.3, -0.25) is 0 Å². The van der Waals surface area contributed by atoms with Crippen LogP contribution in [0.1, 0.15) is 28.9 Å². The zero-order valence-electron chi connectivity index (χ0n) is 13.3. The van der Waals surface area contributed by atoms with Crippen LogP contribution in [0.5, 0.6) is 0 Å². The number of ether oxygens (including phenoxy) is 1. The van der Waals surface area contributed by atoms with E-state index in [1.54, 1.807) is 0 Å². The minimum atomic E-state index is -0.197.